The lowest BCUT2D eigenvalue weighted by Crippen LogP contribution is -1.90. The van der Waals surface area contributed by atoms with Gasteiger partial charge < -0.3 is 19.6 Å². The van der Waals surface area contributed by atoms with Gasteiger partial charge in [0.1, 0.15) is 11.3 Å². The molecule has 0 saturated carbocycles. The van der Waals surface area contributed by atoms with E-state index in [0.29, 0.717) is 0 Å². The van der Waals surface area contributed by atoms with Crippen LogP contribution in [0.5, 0.6) is 0 Å². The van der Waals surface area contributed by atoms with Gasteiger partial charge in [0, 0.05) is 76.9 Å². The Morgan fingerprint density at radius 2 is 1.15 bits per heavy atom. The lowest BCUT2D eigenvalue weighted by atomic mass is 10.1. The summed E-state index contributed by atoms with van der Waals surface area (Å²) in [5, 5.41) is 14.6. The van der Waals surface area contributed by atoms with E-state index < -0.39 is 6.10 Å². The molecule has 0 aliphatic rings. The molecule has 0 amide bonds. The molecule has 9 aromatic rings. The summed E-state index contributed by atoms with van der Waals surface area (Å²) in [4.78, 5) is 20.5. The quantitative estimate of drug-likeness (QED) is 0.150. The summed E-state index contributed by atoms with van der Waals surface area (Å²) in [7, 11) is 2.07. The maximum Gasteiger partial charge on any atom is 0.138 e. The van der Waals surface area contributed by atoms with Crippen LogP contribution in [-0.2, 0) is 7.05 Å². The van der Waals surface area contributed by atoms with Crippen LogP contribution in [0.2, 0.25) is 10.0 Å². The highest BCUT2D eigenvalue weighted by atomic mass is 35.5. The van der Waals surface area contributed by atoms with E-state index in [4.69, 9.17) is 23.2 Å². The molecule has 9 rings (SSSR count). The molecule has 0 aliphatic carbocycles. The molecule has 5 aromatic heterocycles. The number of rotatable bonds is 7. The van der Waals surface area contributed by atoms with Gasteiger partial charge in [-0.2, -0.15) is 0 Å². The molecule has 1 atom stereocenters. The highest BCUT2D eigenvalue weighted by Gasteiger charge is 2.17. The van der Waals surface area contributed by atoms with E-state index in [1.54, 1.807) is 36.6 Å². The first-order valence-corrected chi connectivity index (χ1v) is 19.3. The summed E-state index contributed by atoms with van der Waals surface area (Å²) in [6.07, 6.45) is 5.22. The first-order valence-electron chi connectivity index (χ1n) is 16.9. The van der Waals surface area contributed by atoms with Gasteiger partial charge in [0.25, 0.3) is 0 Å². The van der Waals surface area contributed by atoms with Gasteiger partial charge in [0.15, 0.2) is 0 Å². The molecule has 0 fully saturated rings. The summed E-state index contributed by atoms with van der Waals surface area (Å²) >= 11 is 15.5. The second-order valence-corrected chi connectivity index (χ2v) is 15.6. The second kappa shape index (κ2) is 15.2. The maximum absolute atomic E-state index is 9.74. The van der Waals surface area contributed by atoms with Gasteiger partial charge in [-0.1, -0.05) is 77.1 Å². The van der Waals surface area contributed by atoms with E-state index in [9.17, 15) is 5.11 Å². The average molecular weight is 771 g/mol. The number of nitrogens with zero attached hydrogens (tertiary/aromatic N) is 3. The summed E-state index contributed by atoms with van der Waals surface area (Å²) in [5.74, 6) is 0. The summed E-state index contributed by atoms with van der Waals surface area (Å²) < 4.78 is 2.13. The number of aliphatic hydroxyl groups excluding tert-OH is 1. The average Bonchev–Trinajstić information content (AvgIpc) is 3.86. The zero-order chi connectivity index (χ0) is 36.5. The molecule has 0 spiro atoms. The Morgan fingerprint density at radius 3 is 1.68 bits per heavy atom. The fourth-order valence-corrected chi connectivity index (χ4v) is 8.58. The molecule has 4 aromatic carbocycles. The first kappa shape index (κ1) is 35.1. The number of aryl methyl sites for hydroxylation is 1. The van der Waals surface area contributed by atoms with Crippen molar-refractivity contribution < 1.29 is 5.11 Å². The number of aromatic amines is 2. The number of halogens is 2. The predicted octanol–water partition coefficient (Wildman–Crippen LogP) is 12.6. The van der Waals surface area contributed by atoms with Crippen LogP contribution in [0.15, 0.2) is 159 Å². The van der Waals surface area contributed by atoms with Crippen LogP contribution in [0.3, 0.4) is 0 Å². The van der Waals surface area contributed by atoms with Gasteiger partial charge in [0.2, 0.25) is 0 Å². The van der Waals surface area contributed by atoms with E-state index in [1.165, 1.54) is 15.8 Å². The van der Waals surface area contributed by atoms with Gasteiger partial charge in [-0.15, -0.1) is 0 Å². The van der Waals surface area contributed by atoms with Gasteiger partial charge in [-0.3, -0.25) is 0 Å². The van der Waals surface area contributed by atoms with Crippen molar-refractivity contribution in [1.82, 2.24) is 24.5 Å². The third kappa shape index (κ3) is 7.47. The maximum atomic E-state index is 9.74. The molecular formula is C43H33Cl2N5OS2. The van der Waals surface area contributed by atoms with Gasteiger partial charge >= 0.3 is 0 Å². The van der Waals surface area contributed by atoms with Crippen LogP contribution in [0.4, 0.5) is 0 Å². The Balaban J connectivity index is 0.000000151. The topological polar surface area (TPSA) is 82.5 Å². The smallest absolute Gasteiger partial charge is 0.138 e. The van der Waals surface area contributed by atoms with Crippen molar-refractivity contribution in [3.63, 3.8) is 0 Å². The van der Waals surface area contributed by atoms with Crippen molar-refractivity contribution in [2.24, 2.45) is 7.05 Å². The minimum absolute atomic E-state index is 0.476. The van der Waals surface area contributed by atoms with Gasteiger partial charge in [0.05, 0.1) is 17.5 Å². The summed E-state index contributed by atoms with van der Waals surface area (Å²) in [6, 6.07) is 40.5. The molecule has 1 unspecified atom stereocenters. The van der Waals surface area contributed by atoms with Crippen LogP contribution in [0, 0.1) is 0 Å². The molecular weight excluding hydrogens is 738 g/mol. The second-order valence-electron chi connectivity index (χ2n) is 12.6. The third-order valence-electron chi connectivity index (χ3n) is 8.97. The number of pyridine rings is 2. The Bertz CT molecular complexity index is 2680. The van der Waals surface area contributed by atoms with Gasteiger partial charge in [-0.05, 0) is 115 Å². The number of hydrogen-bond donors (Lipinski definition) is 3. The molecule has 262 valence electrons. The van der Waals surface area contributed by atoms with Crippen molar-refractivity contribution in [2.75, 3.05) is 0 Å². The third-order valence-corrected chi connectivity index (χ3v) is 11.7. The fourth-order valence-electron chi connectivity index (χ4n) is 6.22. The number of H-pyrrole nitrogens is 2. The number of nitrogens with one attached hydrogen (secondary N) is 2. The number of hydrogen-bond acceptors (Lipinski definition) is 5. The predicted molar refractivity (Wildman–Crippen MR) is 221 cm³/mol. The van der Waals surface area contributed by atoms with Crippen molar-refractivity contribution in [3.05, 3.63) is 156 Å². The van der Waals surface area contributed by atoms with Crippen LogP contribution < -0.4 is 0 Å². The molecule has 0 radical (unpaired) electrons. The van der Waals surface area contributed by atoms with Crippen molar-refractivity contribution in [1.29, 1.82) is 0 Å². The minimum Gasteiger partial charge on any atom is -0.389 e. The standard InChI is InChI=1S/C22H16ClN3S.C21H17ClN2OS/c1-26-12-10-14-13-15(4-9-19(14)26)20-21(18-3-2-11-24-22(18)25-20)27-17-7-5-16(23)6-8-17;1-13(25)14-4-6-15(7-5-14)19-20(18-3-2-12-23-21(18)24-19)26-17-10-8-16(22)9-11-17/h2-13H,1H3,(H,24,25);2-13,25H,1H3,(H,23,24). The van der Waals surface area contributed by atoms with Crippen molar-refractivity contribution in [3.8, 4) is 22.5 Å². The van der Waals surface area contributed by atoms with Gasteiger partial charge in [-0.25, -0.2) is 9.97 Å². The molecule has 0 saturated heterocycles. The number of aliphatic hydroxyl groups is 1. The Morgan fingerprint density at radius 1 is 0.642 bits per heavy atom. The SMILES string of the molecule is CC(O)c1ccc(-c2[nH]c3ncccc3c2Sc2ccc(Cl)cc2)cc1.Cn1ccc2cc(-c3[nH]c4ncccc4c3Sc3ccc(Cl)cc3)ccc21. The highest BCUT2D eigenvalue weighted by molar-refractivity contribution is 8.00. The van der Waals surface area contributed by atoms with Crippen LogP contribution in [0.25, 0.3) is 55.5 Å². The van der Waals surface area contributed by atoms with Crippen LogP contribution in [-0.4, -0.2) is 29.6 Å². The highest BCUT2D eigenvalue weighted by Crippen LogP contribution is 2.43. The van der Waals surface area contributed by atoms with Crippen molar-refractivity contribution in [2.45, 2.75) is 32.6 Å². The van der Waals surface area contributed by atoms with E-state index in [2.05, 4.69) is 74.1 Å². The lowest BCUT2D eigenvalue weighted by Gasteiger charge is -2.08. The van der Waals surface area contributed by atoms with E-state index in [0.717, 1.165) is 74.9 Å². The van der Waals surface area contributed by atoms with E-state index in [-0.39, 0.29) is 0 Å². The minimum atomic E-state index is -0.476. The Labute approximate surface area is 325 Å². The Kier molecular flexibility index (Phi) is 10.1. The van der Waals surface area contributed by atoms with Crippen LogP contribution in [0.1, 0.15) is 18.6 Å². The van der Waals surface area contributed by atoms with E-state index >= 15 is 0 Å². The number of aromatic nitrogens is 5. The Hall–Kier alpha value is -4.96. The molecule has 0 bridgehead atoms. The summed E-state index contributed by atoms with van der Waals surface area (Å²) in [6.45, 7) is 1.77. The largest absolute Gasteiger partial charge is 0.389 e. The molecule has 0 aliphatic heterocycles. The number of fused-ring (bicyclic) bond motifs is 3. The number of benzene rings is 4. The first-order chi connectivity index (χ1) is 25.8. The van der Waals surface area contributed by atoms with Crippen LogP contribution >= 0.6 is 46.7 Å². The fraction of sp³-hybridized carbons (Fsp3) is 0.0698. The zero-order valence-corrected chi connectivity index (χ0v) is 31.9. The molecule has 53 heavy (non-hydrogen) atoms. The monoisotopic (exact) mass is 769 g/mol. The lowest BCUT2D eigenvalue weighted by molar-refractivity contribution is 0.199. The summed E-state index contributed by atoms with van der Waals surface area (Å²) in [5.41, 5.74) is 8.21. The van der Waals surface area contributed by atoms with E-state index in [1.807, 2.05) is 91.1 Å². The molecule has 6 nitrogen and oxygen atoms in total. The molecule has 3 N–H and O–H groups in total. The van der Waals surface area contributed by atoms with Crippen molar-refractivity contribution >= 4 is 79.7 Å². The normalized spacial score (nSPS) is 11.9. The molecule has 5 heterocycles. The zero-order valence-electron chi connectivity index (χ0n) is 28.7. The molecule has 10 heteroatoms.